The molecule has 0 saturated carbocycles. The highest BCUT2D eigenvalue weighted by atomic mass is 32.2. The minimum atomic E-state index is -4.69. The average molecular weight is 988 g/mol. The maximum Gasteiger partial charge on any atom is 0.407 e. The van der Waals surface area contributed by atoms with Crippen molar-refractivity contribution in [2.45, 2.75) is 63.5 Å². The number of nitrogens with zero attached hydrogens (tertiary/aromatic N) is 3. The molecule has 3 aromatic carbocycles. The summed E-state index contributed by atoms with van der Waals surface area (Å²) in [6.45, 7) is 3.39. The second-order valence-electron chi connectivity index (χ2n) is 17.2. The number of aromatic nitrogens is 3. The number of pyridine rings is 2. The Morgan fingerprint density at radius 2 is 1.63 bits per heavy atom. The average Bonchev–Trinajstić information content (AvgIpc) is 3.93. The van der Waals surface area contributed by atoms with Crippen molar-refractivity contribution >= 4 is 50.7 Å². The van der Waals surface area contributed by atoms with Gasteiger partial charge < -0.3 is 44.8 Å². The highest BCUT2D eigenvalue weighted by Gasteiger charge is 2.31. The number of carbonyl (C=O) groups excluding carboxylic acids is 4. The van der Waals surface area contributed by atoms with Gasteiger partial charge in [-0.25, -0.2) is 9.78 Å². The first-order chi connectivity index (χ1) is 34.4. The van der Waals surface area contributed by atoms with E-state index in [0.29, 0.717) is 30.8 Å². The lowest BCUT2D eigenvalue weighted by Crippen LogP contribution is -2.51. The Morgan fingerprint density at radius 3 is 2.41 bits per heavy atom. The zero-order valence-corrected chi connectivity index (χ0v) is 40.1. The van der Waals surface area contributed by atoms with Gasteiger partial charge in [-0.1, -0.05) is 54.6 Å². The molecule has 6 aromatic rings. The summed E-state index contributed by atoms with van der Waals surface area (Å²) >= 11 is 0. The molecule has 1 aliphatic heterocycles. The third kappa shape index (κ3) is 13.2. The Balaban J connectivity index is 0.784. The molecule has 372 valence electrons. The molecule has 4 heterocycles. The first-order valence-electron chi connectivity index (χ1n) is 23.7. The molecule has 0 bridgehead atoms. The van der Waals surface area contributed by atoms with Crippen molar-refractivity contribution in [1.29, 1.82) is 0 Å². The van der Waals surface area contributed by atoms with Gasteiger partial charge in [0, 0.05) is 67.4 Å². The third-order valence-electron chi connectivity index (χ3n) is 12.3. The Kier molecular flexibility index (Phi) is 16.4. The van der Waals surface area contributed by atoms with Gasteiger partial charge in [-0.05, 0) is 96.0 Å². The highest BCUT2D eigenvalue weighted by molar-refractivity contribution is 7.85. The summed E-state index contributed by atoms with van der Waals surface area (Å²) in [6, 6.07) is 27.2. The summed E-state index contributed by atoms with van der Waals surface area (Å²) in [5.74, 6) is -0.825. The van der Waals surface area contributed by atoms with Gasteiger partial charge in [-0.3, -0.25) is 23.9 Å². The number of rotatable bonds is 23. The normalized spacial score (nSPS) is 13.7. The van der Waals surface area contributed by atoms with E-state index < -0.39 is 40.0 Å². The molecule has 18 nitrogen and oxygen atoms in total. The summed E-state index contributed by atoms with van der Waals surface area (Å²) in [7, 11) is -4.69. The molecular weight excluding hydrogens is 931 g/mol. The van der Waals surface area contributed by atoms with E-state index in [2.05, 4.69) is 38.4 Å². The van der Waals surface area contributed by atoms with Crippen molar-refractivity contribution in [1.82, 2.24) is 30.5 Å². The van der Waals surface area contributed by atoms with Crippen molar-refractivity contribution < 1.29 is 51.1 Å². The minimum Gasteiger partial charge on any atom is -0.493 e. The van der Waals surface area contributed by atoms with E-state index in [0.717, 1.165) is 69.8 Å². The van der Waals surface area contributed by atoms with Gasteiger partial charge in [-0.2, -0.15) is 8.42 Å². The molecule has 71 heavy (non-hydrogen) atoms. The van der Waals surface area contributed by atoms with Gasteiger partial charge in [0.15, 0.2) is 0 Å². The van der Waals surface area contributed by atoms with Crippen LogP contribution in [-0.4, -0.2) is 109 Å². The number of hydrogen-bond acceptors (Lipinski definition) is 13. The number of carbonyl (C=O) groups is 4. The predicted molar refractivity (Wildman–Crippen MR) is 265 cm³/mol. The molecule has 8 rings (SSSR count). The van der Waals surface area contributed by atoms with Crippen LogP contribution in [0.3, 0.4) is 0 Å². The molecule has 2 unspecified atom stereocenters. The zero-order valence-electron chi connectivity index (χ0n) is 39.3. The molecule has 19 heteroatoms. The molecule has 0 saturated heterocycles. The molecule has 0 spiro atoms. The number of fused-ring (bicyclic) bond motifs is 5. The SMILES string of the molecule is CCOC(=O)CC(c1cncc(OCCCC(=O)NCCNC(=O)C(CS(=O)(=O)O)NC(=O)OCC2c3ccccc3-c3ccccc32)c1)n1ccc2cc(OCCc3ccc4c(n3)NCCC4)ccc21. The number of hydrogen-bond donors (Lipinski definition) is 5. The fourth-order valence-electron chi connectivity index (χ4n) is 8.93. The summed E-state index contributed by atoms with van der Waals surface area (Å²) in [4.78, 5) is 60.6. The molecule has 2 atom stereocenters. The lowest BCUT2D eigenvalue weighted by molar-refractivity contribution is -0.143. The van der Waals surface area contributed by atoms with Crippen LogP contribution < -0.4 is 30.7 Å². The second kappa shape index (κ2) is 23.4. The van der Waals surface area contributed by atoms with Crippen LogP contribution in [0.15, 0.2) is 110 Å². The van der Waals surface area contributed by atoms with E-state index in [1.54, 1.807) is 19.3 Å². The van der Waals surface area contributed by atoms with Crippen LogP contribution in [-0.2, 0) is 46.8 Å². The van der Waals surface area contributed by atoms with Crippen molar-refractivity contribution in [3.63, 3.8) is 0 Å². The van der Waals surface area contributed by atoms with Crippen LogP contribution in [0.25, 0.3) is 22.0 Å². The maximum atomic E-state index is 13.0. The van der Waals surface area contributed by atoms with Crippen molar-refractivity contribution in [3.05, 3.63) is 138 Å². The Labute approximate surface area is 411 Å². The van der Waals surface area contributed by atoms with E-state index in [-0.39, 0.29) is 63.5 Å². The molecule has 0 fully saturated rings. The zero-order chi connectivity index (χ0) is 49.7. The molecule has 5 N–H and O–H groups in total. The van der Waals surface area contributed by atoms with Gasteiger partial charge in [0.25, 0.3) is 10.1 Å². The molecule has 3 amide bonds. The molecule has 0 radical (unpaired) electrons. The number of esters is 1. The van der Waals surface area contributed by atoms with Crippen molar-refractivity contribution in [3.8, 4) is 22.6 Å². The summed E-state index contributed by atoms with van der Waals surface area (Å²) in [5, 5.41) is 11.7. The monoisotopic (exact) mass is 987 g/mol. The number of ether oxygens (including phenoxy) is 4. The molecular formula is C52H57N7O11S. The highest BCUT2D eigenvalue weighted by Crippen LogP contribution is 2.44. The summed E-state index contributed by atoms with van der Waals surface area (Å²) in [5.41, 5.74) is 7.79. The number of alkyl carbamates (subject to hydrolysis) is 1. The van der Waals surface area contributed by atoms with E-state index in [1.807, 2.05) is 89.6 Å². The van der Waals surface area contributed by atoms with Crippen molar-refractivity contribution in [2.75, 3.05) is 57.1 Å². The van der Waals surface area contributed by atoms with E-state index >= 15 is 0 Å². The Morgan fingerprint density at radius 1 is 0.873 bits per heavy atom. The number of amides is 3. The van der Waals surface area contributed by atoms with E-state index in [9.17, 15) is 32.1 Å². The predicted octanol–water partition coefficient (Wildman–Crippen LogP) is 6.14. The number of nitrogens with one attached hydrogen (secondary N) is 4. The van der Waals surface area contributed by atoms with E-state index in [4.69, 9.17) is 23.9 Å². The van der Waals surface area contributed by atoms with Crippen LogP contribution in [0.5, 0.6) is 11.5 Å². The fourth-order valence-corrected chi connectivity index (χ4v) is 9.59. The van der Waals surface area contributed by atoms with Gasteiger partial charge in [0.1, 0.15) is 35.7 Å². The van der Waals surface area contributed by atoms with Crippen LogP contribution in [0.4, 0.5) is 10.6 Å². The van der Waals surface area contributed by atoms with Gasteiger partial charge in [-0.15, -0.1) is 0 Å². The van der Waals surface area contributed by atoms with Crippen LogP contribution in [0, 0.1) is 0 Å². The van der Waals surface area contributed by atoms with Crippen LogP contribution >= 0.6 is 0 Å². The Hall–Kier alpha value is -7.51. The quantitative estimate of drug-likeness (QED) is 0.0276. The number of benzene rings is 3. The Bertz CT molecular complexity index is 2940. The maximum absolute atomic E-state index is 13.0. The minimum absolute atomic E-state index is 0.00337. The molecule has 2 aliphatic rings. The third-order valence-corrected chi connectivity index (χ3v) is 13.0. The van der Waals surface area contributed by atoms with Gasteiger partial charge in [0.05, 0.1) is 38.5 Å². The molecule has 1 aliphatic carbocycles. The van der Waals surface area contributed by atoms with Crippen LogP contribution in [0.2, 0.25) is 0 Å². The van der Waals surface area contributed by atoms with E-state index in [1.165, 1.54) is 5.56 Å². The lowest BCUT2D eigenvalue weighted by Gasteiger charge is -2.21. The topological polar surface area (TPSA) is 238 Å². The number of aryl methyl sites for hydroxylation is 1. The van der Waals surface area contributed by atoms with Gasteiger partial charge in [0.2, 0.25) is 11.8 Å². The fraction of sp³-hybridized carbons (Fsp3) is 0.346. The van der Waals surface area contributed by atoms with Crippen LogP contribution in [0.1, 0.15) is 72.5 Å². The first kappa shape index (κ1) is 49.9. The standard InChI is InChI=1S/C52H57N7O11S/c1-2-67-49(61)29-47(59-24-19-35-27-38(17-18-46(35)59)69-26-20-37-16-15-34-9-7-21-55-50(34)57-37)36-28-39(31-53-30-36)68-25-8-14-48(60)54-22-23-56-51(62)45(33-71(64,65)66)58-52(63)70-32-44-42-12-5-3-10-40(42)41-11-4-6-13-43(41)44/h3-6,10-13,15-19,24,27-28,30-31,44-45,47H,2,7-9,14,20-23,25-26,29,32-33H2,1H3,(H,54,60)(H,55,57)(H,56,62)(H,58,63)(H,64,65,66). The lowest BCUT2D eigenvalue weighted by atomic mass is 9.98. The summed E-state index contributed by atoms with van der Waals surface area (Å²) in [6.07, 6.45) is 7.39. The molecule has 3 aromatic heterocycles. The smallest absolute Gasteiger partial charge is 0.407 e. The first-order valence-corrected chi connectivity index (χ1v) is 25.3. The largest absolute Gasteiger partial charge is 0.493 e. The number of anilines is 1. The second-order valence-corrected chi connectivity index (χ2v) is 18.7. The summed E-state index contributed by atoms with van der Waals surface area (Å²) < 4.78 is 58.0. The van der Waals surface area contributed by atoms with Gasteiger partial charge >= 0.3 is 12.1 Å². The van der Waals surface area contributed by atoms with Crippen molar-refractivity contribution in [2.24, 2.45) is 0 Å².